The molecule has 128 valence electrons. The molecule has 1 amide bonds. The molecule has 2 rings (SSSR count). The molecule has 1 aliphatic rings. The standard InChI is InChI=1S/C17H26N2O3S/c1-14-7-9-18(10-8-14)17(20)13-19(23(3,21)22)12-16-6-4-5-15(2)11-16/h4-6,11,14H,7-10,12-13H2,1-3H3. The van der Waals surface area contributed by atoms with Crippen LogP contribution in [0.4, 0.5) is 0 Å². The monoisotopic (exact) mass is 338 g/mol. The molecule has 1 aromatic carbocycles. The van der Waals surface area contributed by atoms with Crippen molar-refractivity contribution in [3.05, 3.63) is 35.4 Å². The number of amides is 1. The average Bonchev–Trinajstić information content (AvgIpc) is 2.46. The van der Waals surface area contributed by atoms with E-state index in [2.05, 4.69) is 6.92 Å². The van der Waals surface area contributed by atoms with Crippen molar-refractivity contribution in [2.45, 2.75) is 33.2 Å². The Bertz CT molecular complexity index is 650. The zero-order valence-electron chi connectivity index (χ0n) is 14.2. The quantitative estimate of drug-likeness (QED) is 0.825. The molecule has 0 aromatic heterocycles. The topological polar surface area (TPSA) is 57.7 Å². The van der Waals surface area contributed by atoms with E-state index in [4.69, 9.17) is 0 Å². The van der Waals surface area contributed by atoms with E-state index in [-0.39, 0.29) is 19.0 Å². The Hall–Kier alpha value is -1.40. The summed E-state index contributed by atoms with van der Waals surface area (Å²) in [5, 5.41) is 0. The third kappa shape index (κ3) is 5.32. The van der Waals surface area contributed by atoms with Gasteiger partial charge in [-0.3, -0.25) is 4.79 Å². The molecule has 0 atom stereocenters. The highest BCUT2D eigenvalue weighted by molar-refractivity contribution is 7.88. The summed E-state index contributed by atoms with van der Waals surface area (Å²) in [7, 11) is -3.43. The summed E-state index contributed by atoms with van der Waals surface area (Å²) in [6, 6.07) is 7.71. The number of hydrogen-bond acceptors (Lipinski definition) is 3. The van der Waals surface area contributed by atoms with Gasteiger partial charge in [-0.25, -0.2) is 8.42 Å². The van der Waals surface area contributed by atoms with E-state index >= 15 is 0 Å². The van der Waals surface area contributed by atoms with Crippen LogP contribution < -0.4 is 0 Å². The predicted molar refractivity (Wildman–Crippen MR) is 91.4 cm³/mol. The third-order valence-corrected chi connectivity index (χ3v) is 5.55. The van der Waals surface area contributed by atoms with Crippen LogP contribution in [-0.4, -0.2) is 49.4 Å². The molecule has 1 fully saturated rings. The smallest absolute Gasteiger partial charge is 0.237 e. The van der Waals surface area contributed by atoms with Crippen LogP contribution in [0.2, 0.25) is 0 Å². The molecular formula is C17H26N2O3S. The Morgan fingerprint density at radius 3 is 2.52 bits per heavy atom. The SMILES string of the molecule is Cc1cccc(CN(CC(=O)N2CCC(C)CC2)S(C)(=O)=O)c1. The summed E-state index contributed by atoms with van der Waals surface area (Å²) >= 11 is 0. The number of benzene rings is 1. The molecule has 0 radical (unpaired) electrons. The van der Waals surface area contributed by atoms with E-state index in [1.165, 1.54) is 4.31 Å². The molecule has 1 aliphatic heterocycles. The Morgan fingerprint density at radius 1 is 1.30 bits per heavy atom. The molecule has 23 heavy (non-hydrogen) atoms. The lowest BCUT2D eigenvalue weighted by Gasteiger charge is -2.32. The van der Waals surface area contributed by atoms with Crippen molar-refractivity contribution in [3.63, 3.8) is 0 Å². The van der Waals surface area contributed by atoms with Gasteiger partial charge in [0.1, 0.15) is 0 Å². The van der Waals surface area contributed by atoms with Crippen LogP contribution in [0.1, 0.15) is 30.9 Å². The molecule has 5 nitrogen and oxygen atoms in total. The Balaban J connectivity index is 2.06. The minimum absolute atomic E-state index is 0.0822. The van der Waals surface area contributed by atoms with Crippen molar-refractivity contribution in [3.8, 4) is 0 Å². The van der Waals surface area contributed by atoms with E-state index < -0.39 is 10.0 Å². The van der Waals surface area contributed by atoms with E-state index in [9.17, 15) is 13.2 Å². The summed E-state index contributed by atoms with van der Waals surface area (Å²) < 4.78 is 25.4. The van der Waals surface area contributed by atoms with Gasteiger partial charge in [-0.15, -0.1) is 0 Å². The van der Waals surface area contributed by atoms with E-state index in [1.54, 1.807) is 4.90 Å². The number of nitrogens with zero attached hydrogens (tertiary/aromatic N) is 2. The fraction of sp³-hybridized carbons (Fsp3) is 0.588. The molecule has 0 unspecified atom stereocenters. The molecule has 0 spiro atoms. The normalized spacial score (nSPS) is 16.8. The summed E-state index contributed by atoms with van der Waals surface area (Å²) in [6.07, 6.45) is 3.14. The second-order valence-corrected chi connectivity index (χ2v) is 8.57. The maximum absolute atomic E-state index is 12.4. The first-order chi connectivity index (χ1) is 10.8. The minimum atomic E-state index is -3.43. The fourth-order valence-electron chi connectivity index (χ4n) is 2.81. The van der Waals surface area contributed by atoms with Gasteiger partial charge < -0.3 is 4.90 Å². The highest BCUT2D eigenvalue weighted by Crippen LogP contribution is 2.17. The van der Waals surface area contributed by atoms with Crippen molar-refractivity contribution in [1.82, 2.24) is 9.21 Å². The summed E-state index contributed by atoms with van der Waals surface area (Å²) in [4.78, 5) is 14.2. The van der Waals surface area contributed by atoms with Crippen molar-refractivity contribution in [2.24, 2.45) is 5.92 Å². The molecule has 0 bridgehead atoms. The van der Waals surface area contributed by atoms with Gasteiger partial charge in [0.05, 0.1) is 12.8 Å². The molecule has 0 N–H and O–H groups in total. The van der Waals surface area contributed by atoms with Gasteiger partial charge in [0, 0.05) is 19.6 Å². The third-order valence-electron chi connectivity index (χ3n) is 4.36. The van der Waals surface area contributed by atoms with Crippen molar-refractivity contribution < 1.29 is 13.2 Å². The number of carbonyl (C=O) groups excluding carboxylic acids is 1. The highest BCUT2D eigenvalue weighted by Gasteiger charge is 2.26. The number of sulfonamides is 1. The zero-order valence-corrected chi connectivity index (χ0v) is 15.0. The minimum Gasteiger partial charge on any atom is -0.342 e. The first kappa shape index (κ1) is 17.9. The summed E-state index contributed by atoms with van der Waals surface area (Å²) in [6.45, 7) is 5.75. The van der Waals surface area contributed by atoms with Crippen LogP contribution in [0, 0.1) is 12.8 Å². The lowest BCUT2D eigenvalue weighted by Crippen LogP contribution is -2.45. The van der Waals surface area contributed by atoms with Crippen LogP contribution in [0.5, 0.6) is 0 Å². The molecule has 1 heterocycles. The Kier molecular flexibility index (Phi) is 5.81. The first-order valence-corrected chi connectivity index (χ1v) is 9.89. The number of carbonyl (C=O) groups is 1. The maximum Gasteiger partial charge on any atom is 0.237 e. The second-order valence-electron chi connectivity index (χ2n) is 6.58. The van der Waals surface area contributed by atoms with Gasteiger partial charge >= 0.3 is 0 Å². The number of piperidine rings is 1. The van der Waals surface area contributed by atoms with E-state index in [1.807, 2.05) is 31.2 Å². The predicted octanol–water partition coefficient (Wildman–Crippen LogP) is 2.02. The Labute approximate surface area is 139 Å². The molecule has 0 saturated carbocycles. The van der Waals surface area contributed by atoms with Crippen LogP contribution in [-0.2, 0) is 21.4 Å². The van der Waals surface area contributed by atoms with Gasteiger partial charge in [0.25, 0.3) is 0 Å². The van der Waals surface area contributed by atoms with Gasteiger partial charge in [-0.1, -0.05) is 36.8 Å². The van der Waals surface area contributed by atoms with Crippen molar-refractivity contribution >= 4 is 15.9 Å². The number of aryl methyl sites for hydroxylation is 1. The second kappa shape index (κ2) is 7.45. The van der Waals surface area contributed by atoms with Crippen molar-refractivity contribution in [2.75, 3.05) is 25.9 Å². The molecular weight excluding hydrogens is 312 g/mol. The molecule has 1 saturated heterocycles. The lowest BCUT2D eigenvalue weighted by atomic mass is 9.99. The van der Waals surface area contributed by atoms with Crippen LogP contribution in [0.25, 0.3) is 0 Å². The first-order valence-electron chi connectivity index (χ1n) is 8.04. The van der Waals surface area contributed by atoms with Crippen LogP contribution in [0.15, 0.2) is 24.3 Å². The number of hydrogen-bond donors (Lipinski definition) is 0. The lowest BCUT2D eigenvalue weighted by molar-refractivity contribution is -0.132. The fourth-order valence-corrected chi connectivity index (χ4v) is 3.54. The summed E-state index contributed by atoms with van der Waals surface area (Å²) in [5.74, 6) is 0.535. The summed E-state index contributed by atoms with van der Waals surface area (Å²) in [5.41, 5.74) is 1.97. The molecule has 1 aromatic rings. The largest absolute Gasteiger partial charge is 0.342 e. The van der Waals surface area contributed by atoms with Gasteiger partial charge in [-0.2, -0.15) is 4.31 Å². The van der Waals surface area contributed by atoms with Crippen LogP contribution >= 0.6 is 0 Å². The van der Waals surface area contributed by atoms with E-state index in [0.29, 0.717) is 5.92 Å². The van der Waals surface area contributed by atoms with Crippen molar-refractivity contribution in [1.29, 1.82) is 0 Å². The van der Waals surface area contributed by atoms with Gasteiger partial charge in [-0.05, 0) is 31.2 Å². The number of rotatable bonds is 5. The Morgan fingerprint density at radius 2 is 1.96 bits per heavy atom. The number of likely N-dealkylation sites (tertiary alicyclic amines) is 1. The molecule has 0 aliphatic carbocycles. The van der Waals surface area contributed by atoms with Gasteiger partial charge in [0.15, 0.2) is 0 Å². The average molecular weight is 338 g/mol. The molecule has 6 heteroatoms. The van der Waals surface area contributed by atoms with Gasteiger partial charge in [0.2, 0.25) is 15.9 Å². The zero-order chi connectivity index (χ0) is 17.0. The van der Waals surface area contributed by atoms with Crippen LogP contribution in [0.3, 0.4) is 0 Å². The van der Waals surface area contributed by atoms with E-state index in [0.717, 1.165) is 43.3 Å². The maximum atomic E-state index is 12.4. The highest BCUT2D eigenvalue weighted by atomic mass is 32.2.